The molecule has 0 aliphatic heterocycles. The summed E-state index contributed by atoms with van der Waals surface area (Å²) in [4.78, 5) is 28.6. The lowest BCUT2D eigenvalue weighted by molar-refractivity contribution is -0.123. The van der Waals surface area contributed by atoms with Crippen LogP contribution in [0.3, 0.4) is 0 Å². The lowest BCUT2D eigenvalue weighted by Gasteiger charge is -2.27. The first-order valence-electron chi connectivity index (χ1n) is 7.27. The number of amides is 2. The Hall–Kier alpha value is -2.63. The van der Waals surface area contributed by atoms with Gasteiger partial charge >= 0.3 is 6.09 Å². The van der Waals surface area contributed by atoms with Gasteiger partial charge in [-0.25, -0.2) is 9.79 Å². The minimum atomic E-state index is -0.681. The monoisotopic (exact) mass is 317 g/mol. The van der Waals surface area contributed by atoms with Crippen molar-refractivity contribution >= 4 is 24.4 Å². The molecule has 0 saturated carbocycles. The molecule has 1 rings (SSSR count). The number of anilines is 1. The fraction of sp³-hybridized carbons (Fsp3) is 0.353. The van der Waals surface area contributed by atoms with Crippen LogP contribution in [0, 0.1) is 5.92 Å². The lowest BCUT2D eigenvalue weighted by Crippen LogP contribution is -2.45. The van der Waals surface area contributed by atoms with Crippen LogP contribution in [0.15, 0.2) is 42.0 Å². The first-order chi connectivity index (χ1) is 10.9. The average molecular weight is 317 g/mol. The number of benzene rings is 1. The van der Waals surface area contributed by atoms with Crippen molar-refractivity contribution in [2.45, 2.75) is 26.5 Å². The topological polar surface area (TPSA) is 71.0 Å². The maximum Gasteiger partial charge on any atom is 0.410 e. The largest absolute Gasteiger partial charge is 0.445 e. The summed E-state index contributed by atoms with van der Waals surface area (Å²) in [5, 5.41) is 2.96. The zero-order valence-electron chi connectivity index (χ0n) is 13.8. The van der Waals surface area contributed by atoms with Gasteiger partial charge < -0.3 is 10.1 Å². The summed E-state index contributed by atoms with van der Waals surface area (Å²) in [6.45, 7) is 10.6. The molecule has 0 fully saturated rings. The van der Waals surface area contributed by atoms with E-state index < -0.39 is 18.0 Å². The van der Waals surface area contributed by atoms with Gasteiger partial charge in [-0.3, -0.25) is 9.69 Å². The third-order valence-corrected chi connectivity index (χ3v) is 3.33. The minimum Gasteiger partial charge on any atom is -0.445 e. The highest BCUT2D eigenvalue weighted by Crippen LogP contribution is 2.14. The molecule has 1 aromatic carbocycles. The van der Waals surface area contributed by atoms with Gasteiger partial charge in [0, 0.05) is 12.7 Å². The van der Waals surface area contributed by atoms with Crippen LogP contribution in [-0.4, -0.2) is 36.7 Å². The Morgan fingerprint density at radius 2 is 1.96 bits per heavy atom. The normalized spacial score (nSPS) is 11.5. The molecule has 6 nitrogen and oxygen atoms in total. The third-order valence-electron chi connectivity index (χ3n) is 3.33. The molecule has 0 heterocycles. The second-order valence-electron chi connectivity index (χ2n) is 5.40. The zero-order chi connectivity index (χ0) is 17.4. The quantitative estimate of drug-likeness (QED) is 0.785. The smallest absolute Gasteiger partial charge is 0.410 e. The number of nitrogens with one attached hydrogen (secondary N) is 1. The lowest BCUT2D eigenvalue weighted by atomic mass is 10.0. The highest BCUT2D eigenvalue weighted by Gasteiger charge is 2.30. The molecule has 0 aliphatic carbocycles. The van der Waals surface area contributed by atoms with Gasteiger partial charge in [0.1, 0.15) is 12.6 Å². The molecule has 0 aliphatic rings. The van der Waals surface area contributed by atoms with Gasteiger partial charge in [-0.15, -0.1) is 0 Å². The van der Waals surface area contributed by atoms with Crippen molar-refractivity contribution in [3.8, 4) is 0 Å². The summed E-state index contributed by atoms with van der Waals surface area (Å²) in [5.41, 5.74) is 1.74. The van der Waals surface area contributed by atoms with Crippen molar-refractivity contribution in [2.75, 3.05) is 12.4 Å². The molecular formula is C17H23N3O3. The van der Waals surface area contributed by atoms with Crippen molar-refractivity contribution in [3.63, 3.8) is 0 Å². The van der Waals surface area contributed by atoms with Crippen LogP contribution in [0.2, 0.25) is 0 Å². The van der Waals surface area contributed by atoms with Crippen molar-refractivity contribution in [1.29, 1.82) is 0 Å². The summed E-state index contributed by atoms with van der Waals surface area (Å²) in [5.74, 6) is -0.533. The molecule has 1 unspecified atom stereocenters. The van der Waals surface area contributed by atoms with E-state index in [1.165, 1.54) is 11.9 Å². The Balaban J connectivity index is 2.65. The molecule has 2 amide bonds. The number of hydrogen-bond acceptors (Lipinski definition) is 4. The fourth-order valence-electron chi connectivity index (χ4n) is 2.17. The van der Waals surface area contributed by atoms with E-state index in [0.717, 1.165) is 11.3 Å². The minimum absolute atomic E-state index is 0.0881. The van der Waals surface area contributed by atoms with Crippen molar-refractivity contribution in [2.24, 2.45) is 10.9 Å². The molecular weight excluding hydrogens is 294 g/mol. The number of nitrogens with zero attached hydrogens (tertiary/aromatic N) is 2. The van der Waals surface area contributed by atoms with Crippen LogP contribution in [0.4, 0.5) is 10.5 Å². The van der Waals surface area contributed by atoms with E-state index >= 15 is 0 Å². The third kappa shape index (κ3) is 5.25. The first-order valence-corrected chi connectivity index (χ1v) is 7.27. The number of carbonyl (C=O) groups excluding carboxylic acids is 2. The predicted molar refractivity (Wildman–Crippen MR) is 91.4 cm³/mol. The van der Waals surface area contributed by atoms with Crippen LogP contribution < -0.4 is 5.32 Å². The summed E-state index contributed by atoms with van der Waals surface area (Å²) in [7, 11) is 1.52. The maximum atomic E-state index is 12.1. The highest BCUT2D eigenvalue weighted by atomic mass is 16.6. The molecule has 1 N–H and O–H groups in total. The molecule has 0 spiro atoms. The molecule has 1 atom stereocenters. The SMILES string of the molecule is C=CNc1ccc(COC(=O)N(C)C(C(=O)N=C)C(C)C)cc1. The second-order valence-corrected chi connectivity index (χ2v) is 5.40. The molecule has 0 radical (unpaired) electrons. The molecule has 6 heteroatoms. The maximum absolute atomic E-state index is 12.1. The van der Waals surface area contributed by atoms with Gasteiger partial charge in [-0.1, -0.05) is 32.6 Å². The van der Waals surface area contributed by atoms with Crippen LogP contribution in [0.5, 0.6) is 0 Å². The van der Waals surface area contributed by atoms with Crippen LogP contribution in [-0.2, 0) is 16.1 Å². The number of carbonyl (C=O) groups is 2. The van der Waals surface area contributed by atoms with Crippen molar-refractivity contribution in [3.05, 3.63) is 42.6 Å². The Kier molecular flexibility index (Phi) is 6.99. The molecule has 0 bridgehead atoms. The standard InChI is InChI=1S/C17H23N3O3/c1-6-19-14-9-7-13(8-10-14)11-23-17(22)20(5)15(12(2)3)16(21)18-4/h6-10,12,15,19H,1,4,11H2,2-3,5H3. The van der Waals surface area contributed by atoms with E-state index in [0.29, 0.717) is 0 Å². The predicted octanol–water partition coefficient (Wildman–Crippen LogP) is 3.06. The van der Waals surface area contributed by atoms with Gasteiger partial charge in [-0.05, 0) is 36.5 Å². The van der Waals surface area contributed by atoms with Crippen LogP contribution >= 0.6 is 0 Å². The number of aliphatic imine (C=N–C) groups is 1. The van der Waals surface area contributed by atoms with Gasteiger partial charge in [0.25, 0.3) is 5.91 Å². The van der Waals surface area contributed by atoms with Crippen LogP contribution in [0.25, 0.3) is 0 Å². The number of hydrogen-bond donors (Lipinski definition) is 1. The Bertz CT molecular complexity index is 567. The van der Waals surface area contributed by atoms with Gasteiger partial charge in [0.05, 0.1) is 0 Å². The van der Waals surface area contributed by atoms with E-state index in [1.807, 2.05) is 38.1 Å². The Morgan fingerprint density at radius 1 is 1.35 bits per heavy atom. The van der Waals surface area contributed by atoms with E-state index in [4.69, 9.17) is 4.74 Å². The van der Waals surface area contributed by atoms with E-state index in [1.54, 1.807) is 6.20 Å². The average Bonchev–Trinajstić information content (AvgIpc) is 2.53. The highest BCUT2D eigenvalue weighted by molar-refractivity contribution is 5.88. The molecule has 0 saturated heterocycles. The molecule has 124 valence electrons. The summed E-state index contributed by atoms with van der Waals surface area (Å²) in [6, 6.07) is 6.72. The van der Waals surface area contributed by atoms with E-state index in [9.17, 15) is 9.59 Å². The summed E-state index contributed by atoms with van der Waals surface area (Å²) < 4.78 is 5.25. The summed E-state index contributed by atoms with van der Waals surface area (Å²) in [6.07, 6.45) is 1.01. The summed E-state index contributed by atoms with van der Waals surface area (Å²) >= 11 is 0. The van der Waals surface area contributed by atoms with Crippen molar-refractivity contribution in [1.82, 2.24) is 4.90 Å². The van der Waals surface area contributed by atoms with Gasteiger partial charge in [-0.2, -0.15) is 0 Å². The fourth-order valence-corrected chi connectivity index (χ4v) is 2.17. The molecule has 0 aromatic heterocycles. The van der Waals surface area contributed by atoms with Gasteiger partial charge in [0.15, 0.2) is 0 Å². The second kappa shape index (κ2) is 8.73. The van der Waals surface area contributed by atoms with Gasteiger partial charge in [0.2, 0.25) is 0 Å². The molecule has 23 heavy (non-hydrogen) atoms. The first kappa shape index (κ1) is 18.4. The Labute approximate surface area is 136 Å². The van der Waals surface area contributed by atoms with E-state index in [2.05, 4.69) is 23.6 Å². The Morgan fingerprint density at radius 3 is 2.43 bits per heavy atom. The number of rotatable bonds is 7. The van der Waals surface area contributed by atoms with Crippen molar-refractivity contribution < 1.29 is 14.3 Å². The molecule has 1 aromatic rings. The number of likely N-dealkylation sites (N-methyl/N-ethyl adjacent to an activating group) is 1. The van der Waals surface area contributed by atoms with Crippen LogP contribution in [0.1, 0.15) is 19.4 Å². The van der Waals surface area contributed by atoms with E-state index in [-0.39, 0.29) is 12.5 Å². The number of ether oxygens (including phenoxy) is 1. The zero-order valence-corrected chi connectivity index (χ0v) is 13.8.